The zero-order chi connectivity index (χ0) is 14.3. The normalized spacial score (nSPS) is 10.8. The number of hydrogen-bond acceptors (Lipinski definition) is 3. The molecule has 0 spiro atoms. The van der Waals surface area contributed by atoms with Crippen molar-refractivity contribution in [1.82, 2.24) is 4.90 Å². The maximum Gasteiger partial charge on any atom is 0.416 e. The number of hydrogen-bond donors (Lipinski definition) is 0. The number of amides is 1. The molecular weight excluding hydrogens is 249 g/mol. The molecule has 0 bridgehead atoms. The van der Waals surface area contributed by atoms with E-state index < -0.39 is 6.09 Å². The van der Waals surface area contributed by atoms with E-state index >= 15 is 0 Å². The van der Waals surface area contributed by atoms with Crippen molar-refractivity contribution >= 4 is 6.09 Å². The molecule has 5 heteroatoms. The first-order valence-electron chi connectivity index (χ1n) is 5.60. The smallest absolute Gasteiger partial charge is 0.416 e. The number of ether oxygens (including phenoxy) is 2. The Balaban J connectivity index is 2.76. The summed E-state index contributed by atoms with van der Waals surface area (Å²) in [6.07, 6.45) is 2.38. The molecule has 4 nitrogen and oxygen atoms in total. The van der Waals surface area contributed by atoms with Gasteiger partial charge in [0.05, 0.1) is 7.11 Å². The van der Waals surface area contributed by atoms with E-state index in [-0.39, 0.29) is 18.3 Å². The molecule has 1 aromatic carbocycles. The number of benzene rings is 1. The second kappa shape index (κ2) is 7.20. The Labute approximate surface area is 111 Å². The van der Waals surface area contributed by atoms with Gasteiger partial charge < -0.3 is 9.47 Å². The summed E-state index contributed by atoms with van der Waals surface area (Å²) in [5.41, 5.74) is 0.399. The van der Waals surface area contributed by atoms with Crippen molar-refractivity contribution in [3.8, 4) is 0 Å². The molecule has 1 amide bonds. The number of rotatable bonds is 5. The average molecular weight is 265 g/mol. The molecule has 0 aromatic heterocycles. The zero-order valence-corrected chi connectivity index (χ0v) is 10.9. The molecular formula is C14H16FNO3. The van der Waals surface area contributed by atoms with Gasteiger partial charge in [0.25, 0.3) is 0 Å². The third-order valence-corrected chi connectivity index (χ3v) is 2.37. The number of nitrogens with zero attached hydrogens (tertiary/aromatic N) is 1. The van der Waals surface area contributed by atoms with Crippen LogP contribution in [0.5, 0.6) is 0 Å². The molecule has 0 atom stereocenters. The Morgan fingerprint density at radius 1 is 1.47 bits per heavy atom. The van der Waals surface area contributed by atoms with Crippen LogP contribution >= 0.6 is 0 Å². The van der Waals surface area contributed by atoms with Gasteiger partial charge in [-0.2, -0.15) is 0 Å². The summed E-state index contributed by atoms with van der Waals surface area (Å²) in [6, 6.07) is 6.27. The highest BCUT2D eigenvalue weighted by atomic mass is 19.1. The van der Waals surface area contributed by atoms with Gasteiger partial charge >= 0.3 is 6.09 Å². The van der Waals surface area contributed by atoms with Crippen molar-refractivity contribution in [2.45, 2.75) is 6.61 Å². The lowest BCUT2D eigenvalue weighted by molar-refractivity contribution is 0.0894. The van der Waals surface area contributed by atoms with Crippen molar-refractivity contribution in [2.24, 2.45) is 0 Å². The van der Waals surface area contributed by atoms with Gasteiger partial charge in [-0.15, -0.1) is 0 Å². The summed E-state index contributed by atoms with van der Waals surface area (Å²) in [5, 5.41) is 0. The van der Waals surface area contributed by atoms with Crippen LogP contribution in [0.2, 0.25) is 0 Å². The Bertz CT molecular complexity index is 485. The van der Waals surface area contributed by atoms with E-state index in [1.807, 2.05) is 0 Å². The SMILES string of the molecule is C=C/C=C(/OCc1ccccc1F)N(C)C(=O)OC. The van der Waals surface area contributed by atoms with Gasteiger partial charge in [0.15, 0.2) is 5.88 Å². The fourth-order valence-electron chi connectivity index (χ4n) is 1.35. The van der Waals surface area contributed by atoms with E-state index in [1.165, 1.54) is 37.3 Å². The topological polar surface area (TPSA) is 38.8 Å². The van der Waals surface area contributed by atoms with Crippen molar-refractivity contribution in [3.05, 3.63) is 60.3 Å². The summed E-state index contributed by atoms with van der Waals surface area (Å²) in [5.74, 6) is -0.133. The standard InChI is InChI=1S/C14H16FNO3/c1-4-7-13(16(2)14(17)18-3)19-10-11-8-5-6-9-12(11)15/h4-9H,1,10H2,2-3H3/b13-7+. The first kappa shape index (κ1) is 14.8. The quantitative estimate of drug-likeness (QED) is 0.606. The monoisotopic (exact) mass is 265 g/mol. The van der Waals surface area contributed by atoms with Crippen LogP contribution in [-0.4, -0.2) is 25.2 Å². The minimum atomic E-state index is -0.582. The predicted octanol–water partition coefficient (Wildman–Crippen LogP) is 3.07. The van der Waals surface area contributed by atoms with Crippen LogP contribution in [-0.2, 0) is 16.1 Å². The fourth-order valence-corrected chi connectivity index (χ4v) is 1.35. The lowest BCUT2D eigenvalue weighted by atomic mass is 10.2. The van der Waals surface area contributed by atoms with Crippen LogP contribution in [0.25, 0.3) is 0 Å². The average Bonchev–Trinajstić information content (AvgIpc) is 2.43. The lowest BCUT2D eigenvalue weighted by Gasteiger charge is -2.19. The minimum absolute atomic E-state index is 0.00762. The molecule has 0 aliphatic rings. The third kappa shape index (κ3) is 4.13. The molecule has 0 saturated heterocycles. The van der Waals surface area contributed by atoms with Crippen LogP contribution in [0, 0.1) is 5.82 Å². The van der Waals surface area contributed by atoms with E-state index in [0.717, 1.165) is 0 Å². The van der Waals surface area contributed by atoms with Crippen molar-refractivity contribution in [1.29, 1.82) is 0 Å². The minimum Gasteiger partial charge on any atom is -0.474 e. The largest absolute Gasteiger partial charge is 0.474 e. The van der Waals surface area contributed by atoms with Crippen molar-refractivity contribution in [3.63, 3.8) is 0 Å². The number of halogens is 1. The van der Waals surface area contributed by atoms with Crippen molar-refractivity contribution < 1.29 is 18.7 Å². The van der Waals surface area contributed by atoms with Crippen LogP contribution in [0.4, 0.5) is 9.18 Å². The zero-order valence-electron chi connectivity index (χ0n) is 10.9. The molecule has 1 rings (SSSR count). The highest BCUT2D eigenvalue weighted by Gasteiger charge is 2.15. The first-order chi connectivity index (χ1) is 9.10. The van der Waals surface area contributed by atoms with Crippen molar-refractivity contribution in [2.75, 3.05) is 14.2 Å². The van der Waals surface area contributed by atoms with Gasteiger partial charge in [-0.25, -0.2) is 9.18 Å². The Kier molecular flexibility index (Phi) is 5.60. The lowest BCUT2D eigenvalue weighted by Crippen LogP contribution is -2.27. The van der Waals surface area contributed by atoms with Gasteiger partial charge in [-0.3, -0.25) is 4.90 Å². The maximum absolute atomic E-state index is 13.4. The van der Waals surface area contributed by atoms with Crippen LogP contribution in [0.3, 0.4) is 0 Å². The Morgan fingerprint density at radius 3 is 2.74 bits per heavy atom. The second-order valence-electron chi connectivity index (χ2n) is 3.65. The van der Waals surface area contributed by atoms with E-state index in [9.17, 15) is 9.18 Å². The summed E-state index contributed by atoms with van der Waals surface area (Å²) in [7, 11) is 2.75. The molecule has 0 N–H and O–H groups in total. The highest BCUT2D eigenvalue weighted by Crippen LogP contribution is 2.13. The summed E-state index contributed by atoms with van der Waals surface area (Å²) < 4.78 is 23.4. The second-order valence-corrected chi connectivity index (χ2v) is 3.65. The molecule has 0 fully saturated rings. The summed E-state index contributed by atoms with van der Waals surface area (Å²) >= 11 is 0. The number of methoxy groups -OCH3 is 1. The van der Waals surface area contributed by atoms with E-state index in [1.54, 1.807) is 18.2 Å². The van der Waals surface area contributed by atoms with Gasteiger partial charge in [0, 0.05) is 12.6 Å². The Morgan fingerprint density at radius 2 is 2.16 bits per heavy atom. The molecule has 0 radical (unpaired) electrons. The van der Waals surface area contributed by atoms with E-state index in [4.69, 9.17) is 4.74 Å². The van der Waals surface area contributed by atoms with Gasteiger partial charge in [-0.1, -0.05) is 30.9 Å². The maximum atomic E-state index is 13.4. The predicted molar refractivity (Wildman–Crippen MR) is 69.6 cm³/mol. The third-order valence-electron chi connectivity index (χ3n) is 2.37. The number of allylic oxidation sites excluding steroid dienone is 2. The van der Waals surface area contributed by atoms with Gasteiger partial charge in [0.1, 0.15) is 12.4 Å². The molecule has 0 unspecified atom stereocenters. The molecule has 0 heterocycles. The number of carbonyl (C=O) groups is 1. The first-order valence-corrected chi connectivity index (χ1v) is 5.60. The van der Waals surface area contributed by atoms with Crippen LogP contribution in [0.1, 0.15) is 5.56 Å². The van der Waals surface area contributed by atoms with Crippen LogP contribution in [0.15, 0.2) is 48.9 Å². The summed E-state index contributed by atoms with van der Waals surface area (Å²) in [6.45, 7) is 3.54. The molecule has 0 saturated carbocycles. The van der Waals surface area contributed by atoms with E-state index in [2.05, 4.69) is 11.3 Å². The van der Waals surface area contributed by atoms with Gasteiger partial charge in [0.2, 0.25) is 0 Å². The van der Waals surface area contributed by atoms with Crippen LogP contribution < -0.4 is 0 Å². The molecule has 102 valence electrons. The van der Waals surface area contributed by atoms with E-state index in [0.29, 0.717) is 5.56 Å². The fraction of sp³-hybridized carbons (Fsp3) is 0.214. The number of carbonyl (C=O) groups excluding carboxylic acids is 1. The molecule has 1 aromatic rings. The summed E-state index contributed by atoms with van der Waals surface area (Å²) in [4.78, 5) is 12.5. The molecule has 0 aliphatic heterocycles. The Hall–Kier alpha value is -2.30. The molecule has 19 heavy (non-hydrogen) atoms. The molecule has 0 aliphatic carbocycles. The van der Waals surface area contributed by atoms with Gasteiger partial charge in [-0.05, 0) is 12.1 Å². The highest BCUT2D eigenvalue weighted by molar-refractivity contribution is 5.68.